The Morgan fingerprint density at radius 1 is 1.50 bits per heavy atom. The van der Waals surface area contributed by atoms with E-state index in [1.807, 2.05) is 4.57 Å². The normalized spacial score (nSPS) is 24.6. The number of hydrogen-bond donors (Lipinski definition) is 2. The number of nitrogens with two attached hydrogens (primary N) is 1. The summed E-state index contributed by atoms with van der Waals surface area (Å²) in [5.41, 5.74) is 6.95. The first-order valence-corrected chi connectivity index (χ1v) is 9.21. The van der Waals surface area contributed by atoms with Gasteiger partial charge in [-0.1, -0.05) is 0 Å². The molecule has 1 aliphatic rings. The number of hydrogen-bond acceptors (Lipinski definition) is 8. The molecule has 11 heteroatoms. The summed E-state index contributed by atoms with van der Waals surface area (Å²) in [5.74, 6) is 0.336. The van der Waals surface area contributed by atoms with Crippen molar-refractivity contribution in [1.29, 1.82) is 0 Å². The molecule has 0 radical (unpaired) electrons. The van der Waals surface area contributed by atoms with E-state index in [1.165, 1.54) is 13.4 Å². The van der Waals surface area contributed by atoms with E-state index in [2.05, 4.69) is 15.0 Å². The lowest BCUT2D eigenvalue weighted by molar-refractivity contribution is -0.0184. The third-order valence-corrected chi connectivity index (χ3v) is 5.14. The maximum atomic E-state index is 9.59. The van der Waals surface area contributed by atoms with Crippen molar-refractivity contribution < 1.29 is 18.7 Å². The molecule has 0 bridgehead atoms. The van der Waals surface area contributed by atoms with Crippen molar-refractivity contribution in [2.75, 3.05) is 19.5 Å². The van der Waals surface area contributed by atoms with E-state index in [0.29, 0.717) is 17.0 Å². The maximum absolute atomic E-state index is 9.59. The fourth-order valence-electron chi connectivity index (χ4n) is 2.32. The van der Waals surface area contributed by atoms with Crippen LogP contribution in [0.25, 0.3) is 11.2 Å². The molecule has 1 saturated heterocycles. The summed E-state index contributed by atoms with van der Waals surface area (Å²) < 4.78 is 17.6. The molecule has 2 aromatic heterocycles. The van der Waals surface area contributed by atoms with Gasteiger partial charge >= 0.3 is 6.72 Å². The van der Waals surface area contributed by atoms with Crippen LogP contribution in [0.5, 0.6) is 0 Å². The monoisotopic (exact) mass is 345 g/mol. The second-order valence-corrected chi connectivity index (χ2v) is 7.76. The summed E-state index contributed by atoms with van der Waals surface area (Å²) in [6.07, 6.45) is 4.17. The average molecular weight is 345 g/mol. The Bertz CT molecular complexity index is 726. The predicted octanol–water partition coefficient (Wildman–Crippen LogP) is 0.966. The van der Waals surface area contributed by atoms with Crippen LogP contribution in [0.3, 0.4) is 0 Å². The van der Waals surface area contributed by atoms with Gasteiger partial charge in [-0.2, -0.15) is 0 Å². The third kappa shape index (κ3) is 3.12. The number of rotatable bonds is 5. The van der Waals surface area contributed by atoms with Crippen LogP contribution < -0.4 is 5.73 Å². The zero-order valence-electron chi connectivity index (χ0n) is 11.8. The van der Waals surface area contributed by atoms with Gasteiger partial charge in [0.05, 0.1) is 19.0 Å². The van der Waals surface area contributed by atoms with Gasteiger partial charge in [-0.15, -0.1) is 0 Å². The van der Waals surface area contributed by atoms with Crippen LogP contribution in [0.2, 0.25) is 0 Å². The van der Waals surface area contributed by atoms with Crippen molar-refractivity contribution in [3.05, 3.63) is 12.7 Å². The van der Waals surface area contributed by atoms with E-state index in [0.717, 1.165) is 12.8 Å². The lowest BCUT2D eigenvalue weighted by Crippen LogP contribution is -2.16. The van der Waals surface area contributed by atoms with Crippen LogP contribution in [-0.4, -0.2) is 44.2 Å². The number of nitrogen functional groups attached to an aromatic ring is 1. The van der Waals surface area contributed by atoms with E-state index in [4.69, 9.17) is 31.3 Å². The molecule has 2 aromatic rings. The molecule has 3 N–H and O–H groups in total. The first kappa shape index (κ1) is 15.7. The van der Waals surface area contributed by atoms with Crippen molar-refractivity contribution >= 4 is 35.5 Å². The Morgan fingerprint density at radius 3 is 3.09 bits per heavy atom. The second-order valence-electron chi connectivity index (χ2n) is 4.82. The van der Waals surface area contributed by atoms with Gasteiger partial charge in [-0.3, -0.25) is 4.57 Å². The van der Waals surface area contributed by atoms with E-state index in [9.17, 15) is 4.89 Å². The van der Waals surface area contributed by atoms with Crippen molar-refractivity contribution in [2.24, 2.45) is 0 Å². The Morgan fingerprint density at radius 2 is 2.32 bits per heavy atom. The van der Waals surface area contributed by atoms with Crippen LogP contribution in [0.15, 0.2) is 12.7 Å². The molecule has 0 aliphatic carbocycles. The molecule has 1 aliphatic heterocycles. The van der Waals surface area contributed by atoms with Crippen LogP contribution in [0.1, 0.15) is 19.1 Å². The molecule has 0 saturated carbocycles. The zero-order chi connectivity index (χ0) is 15.7. The van der Waals surface area contributed by atoms with Gasteiger partial charge in [0, 0.05) is 7.11 Å². The highest BCUT2D eigenvalue weighted by atomic mass is 32.5. The molecule has 1 fully saturated rings. The molecule has 3 heterocycles. The Kier molecular flexibility index (Phi) is 4.40. The van der Waals surface area contributed by atoms with Crippen molar-refractivity contribution in [2.45, 2.75) is 25.2 Å². The molecule has 3 unspecified atom stereocenters. The summed E-state index contributed by atoms with van der Waals surface area (Å²) in [7, 11) is 1.32. The Balaban J connectivity index is 1.69. The first-order valence-electron chi connectivity index (χ1n) is 6.61. The highest BCUT2D eigenvalue weighted by Gasteiger charge is 2.29. The highest BCUT2D eigenvalue weighted by Crippen LogP contribution is 2.43. The Labute approximate surface area is 131 Å². The quantitative estimate of drug-likeness (QED) is 0.764. The minimum absolute atomic E-state index is 0.175. The van der Waals surface area contributed by atoms with Gasteiger partial charge in [-0.25, -0.2) is 15.0 Å². The predicted molar refractivity (Wildman–Crippen MR) is 82.3 cm³/mol. The highest BCUT2D eigenvalue weighted by molar-refractivity contribution is 8.07. The van der Waals surface area contributed by atoms with Gasteiger partial charge in [0.2, 0.25) is 0 Å². The molecule has 3 rings (SSSR count). The summed E-state index contributed by atoms with van der Waals surface area (Å²) in [5, 5.41) is 0. The molecular formula is C11H16N5O4PS. The van der Waals surface area contributed by atoms with Gasteiger partial charge in [0.25, 0.3) is 0 Å². The fraction of sp³-hybridized carbons (Fsp3) is 0.545. The second kappa shape index (κ2) is 6.15. The number of imidazole rings is 1. The summed E-state index contributed by atoms with van der Waals surface area (Å²) >= 11 is 4.79. The topological polar surface area (TPSA) is 118 Å². The van der Waals surface area contributed by atoms with Crippen LogP contribution in [0, 0.1) is 0 Å². The third-order valence-electron chi connectivity index (χ3n) is 3.44. The van der Waals surface area contributed by atoms with E-state index in [-0.39, 0.29) is 18.9 Å². The number of aromatic nitrogens is 4. The lowest BCUT2D eigenvalue weighted by atomic mass is 10.2. The van der Waals surface area contributed by atoms with E-state index in [1.54, 1.807) is 6.33 Å². The molecule has 3 atom stereocenters. The van der Waals surface area contributed by atoms with E-state index < -0.39 is 6.72 Å². The summed E-state index contributed by atoms with van der Waals surface area (Å²) in [6.45, 7) is -2.97. The lowest BCUT2D eigenvalue weighted by Gasteiger charge is -2.18. The molecule has 22 heavy (non-hydrogen) atoms. The number of fused-ring (bicyclic) bond motifs is 1. The number of nitrogens with zero attached hydrogens (tertiary/aromatic N) is 4. The molecule has 9 nitrogen and oxygen atoms in total. The van der Waals surface area contributed by atoms with Gasteiger partial charge in [0.1, 0.15) is 18.1 Å². The molecule has 0 spiro atoms. The number of ether oxygens (including phenoxy) is 1. The minimum Gasteiger partial charge on any atom is -0.382 e. The van der Waals surface area contributed by atoms with Gasteiger partial charge in [0.15, 0.2) is 11.5 Å². The van der Waals surface area contributed by atoms with E-state index >= 15 is 0 Å². The first-order chi connectivity index (χ1) is 10.5. The van der Waals surface area contributed by atoms with Crippen LogP contribution >= 0.6 is 6.72 Å². The Hall–Kier alpha value is -1.16. The summed E-state index contributed by atoms with van der Waals surface area (Å²) in [4.78, 5) is 21.9. The van der Waals surface area contributed by atoms with Crippen LogP contribution in [-0.2, 0) is 25.6 Å². The molecule has 120 valence electrons. The minimum atomic E-state index is -3.15. The van der Waals surface area contributed by atoms with Gasteiger partial charge < -0.3 is 24.4 Å². The maximum Gasteiger partial charge on any atom is 0.324 e. The zero-order valence-corrected chi connectivity index (χ0v) is 13.5. The molecule has 0 aromatic carbocycles. The van der Waals surface area contributed by atoms with Crippen molar-refractivity contribution in [3.8, 4) is 0 Å². The van der Waals surface area contributed by atoms with Crippen molar-refractivity contribution in [1.82, 2.24) is 19.5 Å². The van der Waals surface area contributed by atoms with Crippen LogP contribution in [0.4, 0.5) is 5.82 Å². The summed E-state index contributed by atoms with van der Waals surface area (Å²) in [6, 6.07) is 0. The molecule has 0 amide bonds. The number of anilines is 1. The smallest absolute Gasteiger partial charge is 0.324 e. The SMILES string of the molecule is COP(O)(=S)OCC1CCC(n2cnc3c(N)ncnc32)O1. The van der Waals surface area contributed by atoms with Gasteiger partial charge in [-0.05, 0) is 24.6 Å². The largest absolute Gasteiger partial charge is 0.382 e. The molecular weight excluding hydrogens is 329 g/mol. The van der Waals surface area contributed by atoms with Crippen molar-refractivity contribution in [3.63, 3.8) is 0 Å². The standard InChI is InChI=1S/C11H16N5O4PS/c1-18-21(17,22)19-4-7-2-3-8(20-7)16-6-15-9-10(12)13-5-14-11(9)16/h5-8H,2-4H2,1H3,(H,17,22)(H2,12,13,14). The fourth-order valence-corrected chi connectivity index (χ4v) is 2.97. The average Bonchev–Trinajstić information content (AvgIpc) is 3.12.